The number of anilines is 1. The lowest BCUT2D eigenvalue weighted by molar-refractivity contribution is -0.385. The van der Waals surface area contributed by atoms with E-state index in [9.17, 15) is 23.3 Å². The van der Waals surface area contributed by atoms with Crippen LogP contribution >= 0.6 is 0 Å². The topological polar surface area (TPSA) is 110 Å². The molecule has 1 amide bonds. The maximum atomic E-state index is 12.5. The number of carbonyl (C=O) groups excluding carboxylic acids is 1. The number of nitrogens with one attached hydrogen (secondary N) is 1. The van der Waals surface area contributed by atoms with E-state index in [1.165, 1.54) is 38.3 Å². The second-order valence-electron chi connectivity index (χ2n) is 8.36. The third-order valence-corrected chi connectivity index (χ3v) is 7.09. The van der Waals surface area contributed by atoms with Crippen molar-refractivity contribution in [2.45, 2.75) is 45.6 Å². The molecular weight excluding hydrogens is 430 g/mol. The Labute approximate surface area is 188 Å². The van der Waals surface area contributed by atoms with Crippen LogP contribution < -0.4 is 9.62 Å². The van der Waals surface area contributed by atoms with E-state index in [1.807, 2.05) is 0 Å². The quantitative estimate of drug-likeness (QED) is 0.470. The molecule has 2 aromatic rings. The van der Waals surface area contributed by atoms with Gasteiger partial charge < -0.3 is 5.32 Å². The molecule has 0 atom stereocenters. The van der Waals surface area contributed by atoms with Crippen LogP contribution in [0.2, 0.25) is 0 Å². The highest BCUT2D eigenvalue weighted by atomic mass is 32.2. The van der Waals surface area contributed by atoms with Crippen molar-refractivity contribution in [3.63, 3.8) is 0 Å². The van der Waals surface area contributed by atoms with E-state index < -0.39 is 14.9 Å². The molecule has 0 spiro atoms. The lowest BCUT2D eigenvalue weighted by Gasteiger charge is -2.24. The fourth-order valence-electron chi connectivity index (χ4n) is 4.12. The van der Waals surface area contributed by atoms with Gasteiger partial charge in [-0.05, 0) is 49.4 Å². The molecule has 3 rings (SSSR count). The molecule has 32 heavy (non-hydrogen) atoms. The van der Waals surface area contributed by atoms with Crippen LogP contribution in [0.15, 0.2) is 42.5 Å². The average Bonchev–Trinajstić information content (AvgIpc) is 2.76. The van der Waals surface area contributed by atoms with Crippen molar-refractivity contribution in [3.05, 3.63) is 69.3 Å². The number of sulfonamides is 1. The highest BCUT2D eigenvalue weighted by Crippen LogP contribution is 2.31. The summed E-state index contributed by atoms with van der Waals surface area (Å²) in [6, 6.07) is 11.1. The number of nitro groups is 1. The van der Waals surface area contributed by atoms with Gasteiger partial charge in [0.1, 0.15) is 0 Å². The van der Waals surface area contributed by atoms with E-state index in [0.717, 1.165) is 23.4 Å². The van der Waals surface area contributed by atoms with Crippen LogP contribution in [-0.4, -0.2) is 32.0 Å². The highest BCUT2D eigenvalue weighted by molar-refractivity contribution is 7.92. The van der Waals surface area contributed by atoms with Crippen molar-refractivity contribution in [2.75, 3.05) is 17.1 Å². The Morgan fingerprint density at radius 1 is 1.12 bits per heavy atom. The number of hydrogen-bond donors (Lipinski definition) is 1. The van der Waals surface area contributed by atoms with Crippen LogP contribution in [-0.2, 0) is 16.6 Å². The Bertz CT molecular complexity index is 1080. The minimum absolute atomic E-state index is 0.00478. The molecule has 1 fully saturated rings. The van der Waals surface area contributed by atoms with Crippen molar-refractivity contribution in [1.29, 1.82) is 0 Å². The van der Waals surface area contributed by atoms with Crippen LogP contribution in [0.4, 0.5) is 11.4 Å². The first-order valence-corrected chi connectivity index (χ1v) is 12.6. The molecule has 1 aliphatic carbocycles. The van der Waals surface area contributed by atoms with Crippen LogP contribution in [0.25, 0.3) is 0 Å². The molecule has 9 heteroatoms. The lowest BCUT2D eigenvalue weighted by Crippen LogP contribution is -2.31. The van der Waals surface area contributed by atoms with Crippen molar-refractivity contribution in [2.24, 2.45) is 5.92 Å². The van der Waals surface area contributed by atoms with Crippen molar-refractivity contribution in [3.8, 4) is 0 Å². The van der Waals surface area contributed by atoms with Crippen LogP contribution in [0.1, 0.15) is 53.6 Å². The van der Waals surface area contributed by atoms with Crippen molar-refractivity contribution < 1.29 is 18.1 Å². The van der Waals surface area contributed by atoms with Gasteiger partial charge in [-0.1, -0.05) is 37.5 Å². The molecule has 8 nitrogen and oxygen atoms in total. The first-order valence-electron chi connectivity index (χ1n) is 10.8. The smallest absolute Gasteiger partial charge is 0.274 e. The zero-order chi connectivity index (χ0) is 23.3. The Balaban J connectivity index is 1.73. The van der Waals surface area contributed by atoms with Gasteiger partial charge in [0.25, 0.3) is 11.6 Å². The molecule has 1 N–H and O–H groups in total. The monoisotopic (exact) mass is 459 g/mol. The van der Waals surface area contributed by atoms with Crippen LogP contribution in [0, 0.1) is 23.0 Å². The first-order chi connectivity index (χ1) is 15.2. The number of nitrogens with zero attached hydrogens (tertiary/aromatic N) is 2. The van der Waals surface area contributed by atoms with E-state index in [-0.39, 0.29) is 29.4 Å². The molecular formula is C23H29N3O5S. The third-order valence-electron chi connectivity index (χ3n) is 5.96. The molecule has 0 aliphatic heterocycles. The van der Waals surface area contributed by atoms with Crippen LogP contribution in [0.5, 0.6) is 0 Å². The molecule has 0 aromatic heterocycles. The SMILES string of the molecule is Cc1c(N(Cc2ccc(C(=O)NCC3CCCCC3)cc2)S(C)(=O)=O)cccc1[N+](=O)[O-]. The lowest BCUT2D eigenvalue weighted by atomic mass is 9.89. The Morgan fingerprint density at radius 3 is 2.38 bits per heavy atom. The Morgan fingerprint density at radius 2 is 1.78 bits per heavy atom. The van der Waals surface area contributed by atoms with Gasteiger partial charge in [0, 0.05) is 18.2 Å². The van der Waals surface area contributed by atoms with E-state index in [2.05, 4.69) is 5.32 Å². The third kappa shape index (κ3) is 5.85. The molecule has 0 saturated heterocycles. The predicted octanol–water partition coefficient (Wildman–Crippen LogP) is 4.18. The molecule has 172 valence electrons. The summed E-state index contributed by atoms with van der Waals surface area (Å²) >= 11 is 0. The Kier molecular flexibility index (Phi) is 7.50. The summed E-state index contributed by atoms with van der Waals surface area (Å²) in [4.78, 5) is 23.2. The van der Waals surface area contributed by atoms with Crippen LogP contribution in [0.3, 0.4) is 0 Å². The average molecular weight is 460 g/mol. The van der Waals surface area contributed by atoms with Crippen molar-refractivity contribution in [1.82, 2.24) is 5.32 Å². The minimum atomic E-state index is -3.70. The number of amides is 1. The van der Waals surface area contributed by atoms with E-state index in [4.69, 9.17) is 0 Å². The maximum Gasteiger partial charge on any atom is 0.274 e. The summed E-state index contributed by atoms with van der Waals surface area (Å²) in [6.07, 6.45) is 7.08. The van der Waals surface area contributed by atoms with Gasteiger partial charge in [-0.3, -0.25) is 19.2 Å². The van der Waals surface area contributed by atoms with Crippen molar-refractivity contribution >= 4 is 27.3 Å². The zero-order valence-corrected chi connectivity index (χ0v) is 19.2. The number of hydrogen-bond acceptors (Lipinski definition) is 5. The fraction of sp³-hybridized carbons (Fsp3) is 0.435. The van der Waals surface area contributed by atoms with Gasteiger partial charge >= 0.3 is 0 Å². The molecule has 1 aliphatic rings. The number of benzene rings is 2. The summed E-state index contributed by atoms with van der Waals surface area (Å²) in [6.45, 7) is 2.21. The summed E-state index contributed by atoms with van der Waals surface area (Å²) in [7, 11) is -3.70. The van der Waals surface area contributed by atoms with Gasteiger partial charge in [0.2, 0.25) is 10.0 Å². The van der Waals surface area contributed by atoms with Gasteiger partial charge in [-0.2, -0.15) is 0 Å². The van der Waals surface area contributed by atoms with Gasteiger partial charge in [-0.25, -0.2) is 8.42 Å². The zero-order valence-electron chi connectivity index (χ0n) is 18.4. The van der Waals surface area contributed by atoms with Gasteiger partial charge in [0.05, 0.1) is 29.0 Å². The second kappa shape index (κ2) is 10.1. The maximum absolute atomic E-state index is 12.5. The molecule has 0 unspecified atom stereocenters. The summed E-state index contributed by atoms with van der Waals surface area (Å²) in [5.74, 6) is 0.394. The standard InChI is InChI=1S/C23H29N3O5S/c1-17-21(9-6-10-22(17)26(28)29)25(32(2,30)31)16-19-11-13-20(14-12-19)23(27)24-15-18-7-4-3-5-8-18/h6,9-14,18H,3-5,7-8,15-16H2,1-2H3,(H,24,27). The highest BCUT2D eigenvalue weighted by Gasteiger charge is 2.24. The molecule has 0 radical (unpaired) electrons. The first kappa shape index (κ1) is 23.7. The summed E-state index contributed by atoms with van der Waals surface area (Å²) < 4.78 is 26.1. The fourth-order valence-corrected chi connectivity index (χ4v) is 5.06. The minimum Gasteiger partial charge on any atom is -0.352 e. The van der Waals surface area contributed by atoms with E-state index in [0.29, 0.717) is 23.6 Å². The number of carbonyl (C=O) groups is 1. The Hall–Kier alpha value is -2.94. The molecule has 2 aromatic carbocycles. The largest absolute Gasteiger partial charge is 0.352 e. The predicted molar refractivity (Wildman–Crippen MR) is 124 cm³/mol. The number of rotatable bonds is 8. The van der Waals surface area contributed by atoms with Gasteiger partial charge in [0.15, 0.2) is 0 Å². The normalized spacial score (nSPS) is 14.7. The molecule has 0 bridgehead atoms. The van der Waals surface area contributed by atoms with E-state index >= 15 is 0 Å². The van der Waals surface area contributed by atoms with Gasteiger partial charge in [-0.15, -0.1) is 0 Å². The summed E-state index contributed by atoms with van der Waals surface area (Å²) in [5, 5.41) is 14.3. The molecule has 1 saturated carbocycles. The second-order valence-corrected chi connectivity index (χ2v) is 10.3. The van der Waals surface area contributed by atoms with E-state index in [1.54, 1.807) is 30.3 Å². The molecule has 0 heterocycles. The summed E-state index contributed by atoms with van der Waals surface area (Å²) in [5.41, 5.74) is 1.59. The number of nitro benzene ring substituents is 1.